The number of nitrogens with two attached hydrogens (primary N) is 1. The lowest BCUT2D eigenvalue weighted by Gasteiger charge is -2.35. The predicted octanol–water partition coefficient (Wildman–Crippen LogP) is 3.71. The van der Waals surface area contributed by atoms with Crippen LogP contribution >= 0.6 is 0 Å². The number of aromatic carboxylic acids is 1. The van der Waals surface area contributed by atoms with Crippen LogP contribution in [0.15, 0.2) is 78.9 Å². The molecule has 0 saturated carbocycles. The molecule has 1 amide bonds. The number of carbonyl (C=O) groups is 2. The van der Waals surface area contributed by atoms with Crippen molar-refractivity contribution in [3.05, 3.63) is 101 Å². The first-order chi connectivity index (χ1) is 16.4. The Bertz CT molecular complexity index is 1170. The fourth-order valence-corrected chi connectivity index (χ4v) is 3.84. The van der Waals surface area contributed by atoms with E-state index in [0.717, 1.165) is 11.1 Å². The van der Waals surface area contributed by atoms with Crippen LogP contribution in [0.4, 0.5) is 5.69 Å². The van der Waals surface area contributed by atoms with Gasteiger partial charge in [-0.15, -0.1) is 0 Å². The van der Waals surface area contributed by atoms with Gasteiger partial charge in [-0.3, -0.25) is 4.79 Å². The number of hydrogen-bond donors (Lipinski definition) is 2. The summed E-state index contributed by atoms with van der Waals surface area (Å²) in [6, 6.07) is 24.1. The van der Waals surface area contributed by atoms with Gasteiger partial charge in [0.15, 0.2) is 0 Å². The molecule has 34 heavy (non-hydrogen) atoms. The highest BCUT2D eigenvalue weighted by Crippen LogP contribution is 2.23. The normalized spacial score (nSPS) is 12.4. The Morgan fingerprint density at radius 3 is 2.38 bits per heavy atom. The van der Waals surface area contributed by atoms with Gasteiger partial charge in [-0.05, 0) is 42.3 Å². The lowest BCUT2D eigenvalue weighted by Crippen LogP contribution is -2.52. The summed E-state index contributed by atoms with van der Waals surface area (Å²) >= 11 is 0. The second-order valence-electron chi connectivity index (χ2n) is 8.02. The number of para-hydroxylation sites is 1. The first-order valence-corrected chi connectivity index (χ1v) is 10.9. The van der Waals surface area contributed by atoms with Crippen LogP contribution < -0.4 is 10.6 Å². The van der Waals surface area contributed by atoms with Crippen molar-refractivity contribution < 1.29 is 19.4 Å². The monoisotopic (exact) mass is 457 g/mol. The second-order valence-corrected chi connectivity index (χ2v) is 8.02. The number of carboxylic acids is 1. The second kappa shape index (κ2) is 11.6. The Kier molecular flexibility index (Phi) is 8.38. The average molecular weight is 458 g/mol. The Morgan fingerprint density at radius 1 is 1.03 bits per heavy atom. The Labute approximate surface area is 199 Å². The molecule has 0 aliphatic carbocycles. The number of carbonyl (C=O) groups excluding carboxylic acids is 1. The summed E-state index contributed by atoms with van der Waals surface area (Å²) in [6.45, 7) is 2.10. The molecule has 0 fully saturated rings. The van der Waals surface area contributed by atoms with Crippen LogP contribution in [0, 0.1) is 18.3 Å². The van der Waals surface area contributed by atoms with Crippen molar-refractivity contribution in [1.29, 1.82) is 5.26 Å². The van der Waals surface area contributed by atoms with Crippen LogP contribution in [0.1, 0.15) is 27.0 Å². The van der Waals surface area contributed by atoms with Crippen LogP contribution in [0.25, 0.3) is 0 Å². The van der Waals surface area contributed by atoms with Crippen molar-refractivity contribution in [3.8, 4) is 6.07 Å². The minimum atomic E-state index is -1.02. The fourth-order valence-electron chi connectivity index (χ4n) is 3.84. The van der Waals surface area contributed by atoms with Gasteiger partial charge >= 0.3 is 5.97 Å². The largest absolute Gasteiger partial charge is 0.478 e. The predicted molar refractivity (Wildman–Crippen MR) is 129 cm³/mol. The lowest BCUT2D eigenvalue weighted by molar-refractivity contribution is -0.119. The van der Waals surface area contributed by atoms with E-state index >= 15 is 0 Å². The van der Waals surface area contributed by atoms with Crippen molar-refractivity contribution in [2.75, 3.05) is 11.5 Å². The zero-order valence-corrected chi connectivity index (χ0v) is 18.9. The van der Waals surface area contributed by atoms with Gasteiger partial charge in [-0.1, -0.05) is 60.2 Å². The summed E-state index contributed by atoms with van der Waals surface area (Å²) in [4.78, 5) is 25.5. The molecule has 0 heterocycles. The van der Waals surface area contributed by atoms with E-state index in [1.807, 2.05) is 61.5 Å². The number of carboxylic acid groups (broad SMARTS) is 1. The highest BCUT2D eigenvalue weighted by atomic mass is 16.5. The smallest absolute Gasteiger partial charge is 0.335 e. The highest BCUT2D eigenvalue weighted by molar-refractivity contribution is 5.87. The summed E-state index contributed by atoms with van der Waals surface area (Å²) < 4.78 is 5.80. The molecule has 3 aromatic rings. The van der Waals surface area contributed by atoms with Crippen molar-refractivity contribution >= 4 is 17.6 Å². The minimum absolute atomic E-state index is 0.000288. The number of ether oxygens (including phenoxy) is 1. The van der Waals surface area contributed by atoms with Crippen molar-refractivity contribution in [3.63, 3.8) is 0 Å². The highest BCUT2D eigenvalue weighted by Gasteiger charge is 2.31. The van der Waals surface area contributed by atoms with E-state index in [-0.39, 0.29) is 18.8 Å². The van der Waals surface area contributed by atoms with Crippen molar-refractivity contribution in [2.45, 2.75) is 32.0 Å². The van der Waals surface area contributed by atoms with Crippen LogP contribution in [-0.2, 0) is 22.6 Å². The van der Waals surface area contributed by atoms with Crippen LogP contribution in [0.5, 0.6) is 0 Å². The number of hydrogen-bond acceptors (Lipinski definition) is 5. The molecule has 3 N–H and O–H groups in total. The number of rotatable bonds is 11. The number of primary amides is 1. The molecule has 174 valence electrons. The van der Waals surface area contributed by atoms with Gasteiger partial charge in [0.2, 0.25) is 5.91 Å². The van der Waals surface area contributed by atoms with E-state index in [4.69, 9.17) is 10.5 Å². The van der Waals surface area contributed by atoms with Gasteiger partial charge < -0.3 is 20.5 Å². The van der Waals surface area contributed by atoms with Gasteiger partial charge in [0.05, 0.1) is 24.8 Å². The SMILES string of the molecule is Cc1cccc(C[C@@H](C(N)=O)N(c2ccccc2)[C@@H](C#N)COCc2cccc(C(=O)O)c2)c1. The Hall–Kier alpha value is -4.15. The number of benzene rings is 3. The van der Waals surface area contributed by atoms with E-state index in [0.29, 0.717) is 17.7 Å². The Morgan fingerprint density at radius 2 is 1.74 bits per heavy atom. The van der Waals surface area contributed by atoms with E-state index in [1.54, 1.807) is 17.0 Å². The maximum atomic E-state index is 12.6. The van der Waals surface area contributed by atoms with E-state index in [9.17, 15) is 20.0 Å². The molecule has 3 rings (SSSR count). The van der Waals surface area contributed by atoms with Crippen LogP contribution in [0.2, 0.25) is 0 Å². The van der Waals surface area contributed by atoms with Crippen LogP contribution in [0.3, 0.4) is 0 Å². The fraction of sp³-hybridized carbons (Fsp3) is 0.222. The third-order valence-corrected chi connectivity index (χ3v) is 5.43. The van der Waals surface area contributed by atoms with Gasteiger partial charge in [-0.25, -0.2) is 4.79 Å². The number of amides is 1. The van der Waals surface area contributed by atoms with Gasteiger partial charge in [0.25, 0.3) is 0 Å². The number of aryl methyl sites for hydroxylation is 1. The molecule has 7 nitrogen and oxygen atoms in total. The maximum Gasteiger partial charge on any atom is 0.335 e. The topological polar surface area (TPSA) is 117 Å². The van der Waals surface area contributed by atoms with E-state index in [2.05, 4.69) is 6.07 Å². The molecule has 2 atom stereocenters. The molecule has 0 radical (unpaired) electrons. The molecular formula is C27H27N3O4. The lowest BCUT2D eigenvalue weighted by atomic mass is 10.00. The molecule has 0 spiro atoms. The molecule has 0 aliphatic heterocycles. The van der Waals surface area contributed by atoms with Crippen molar-refractivity contribution in [1.82, 2.24) is 0 Å². The summed E-state index contributed by atoms with van der Waals surface area (Å²) in [7, 11) is 0. The first-order valence-electron chi connectivity index (χ1n) is 10.9. The molecule has 0 bridgehead atoms. The van der Waals surface area contributed by atoms with Gasteiger partial charge in [0, 0.05) is 12.1 Å². The summed E-state index contributed by atoms with van der Waals surface area (Å²) in [5, 5.41) is 19.2. The third-order valence-electron chi connectivity index (χ3n) is 5.43. The Balaban J connectivity index is 1.84. The zero-order valence-electron chi connectivity index (χ0n) is 18.9. The molecule has 0 saturated heterocycles. The summed E-state index contributed by atoms with van der Waals surface area (Å²) in [6.07, 6.45) is 0.338. The summed E-state index contributed by atoms with van der Waals surface area (Å²) in [5.74, 6) is -1.56. The standard InChI is InChI=1S/C27H27N3O4/c1-19-7-5-8-20(13-19)15-25(26(29)31)30(23-11-3-2-4-12-23)24(16-28)18-34-17-21-9-6-10-22(14-21)27(32)33/h2-14,24-25H,15,17-18H2,1H3,(H2,29,31)(H,32,33)/t24-,25-/m0/s1. The first kappa shape index (κ1) is 24.5. The molecule has 0 aromatic heterocycles. The average Bonchev–Trinajstić information content (AvgIpc) is 2.83. The van der Waals surface area contributed by atoms with Gasteiger partial charge in [-0.2, -0.15) is 5.26 Å². The van der Waals surface area contributed by atoms with Gasteiger partial charge in [0.1, 0.15) is 12.1 Å². The van der Waals surface area contributed by atoms with E-state index in [1.165, 1.54) is 12.1 Å². The zero-order chi connectivity index (χ0) is 24.5. The number of anilines is 1. The maximum absolute atomic E-state index is 12.6. The van der Waals surface area contributed by atoms with E-state index < -0.39 is 24.0 Å². The molecule has 7 heteroatoms. The number of nitrogens with zero attached hydrogens (tertiary/aromatic N) is 2. The molecular weight excluding hydrogens is 430 g/mol. The minimum Gasteiger partial charge on any atom is -0.478 e. The van der Waals surface area contributed by atoms with Crippen LogP contribution in [-0.4, -0.2) is 35.7 Å². The number of nitriles is 1. The summed E-state index contributed by atoms with van der Waals surface area (Å²) in [5.41, 5.74) is 9.36. The quantitative estimate of drug-likeness (QED) is 0.453. The molecule has 0 unspecified atom stereocenters. The van der Waals surface area contributed by atoms with Crippen molar-refractivity contribution in [2.24, 2.45) is 5.73 Å². The molecule has 0 aliphatic rings. The third kappa shape index (κ3) is 6.44. The molecule has 3 aromatic carbocycles.